The number of nitrogens with zero attached hydrogens (tertiary/aromatic N) is 2. The predicted octanol–water partition coefficient (Wildman–Crippen LogP) is 3.36. The van der Waals surface area contributed by atoms with Crippen molar-refractivity contribution in [2.45, 2.75) is 19.9 Å². The molecule has 0 amide bonds. The van der Waals surface area contributed by atoms with Crippen LogP contribution in [0.2, 0.25) is 0 Å². The number of ketones is 1. The van der Waals surface area contributed by atoms with Crippen molar-refractivity contribution >= 4 is 11.9 Å². The Hall–Kier alpha value is -2.16. The number of carbonyl (C=O) groups is 1. The molecule has 0 radical (unpaired) electrons. The van der Waals surface area contributed by atoms with E-state index in [0.29, 0.717) is 5.82 Å². The highest BCUT2D eigenvalue weighted by atomic mass is 16.1. The summed E-state index contributed by atoms with van der Waals surface area (Å²) in [5.74, 6) is 0.412. The van der Waals surface area contributed by atoms with Crippen LogP contribution in [-0.2, 0) is 0 Å². The second-order valence-corrected chi connectivity index (χ2v) is 4.36. The lowest BCUT2D eigenvalue weighted by molar-refractivity contribution is 0.103. The Morgan fingerprint density at radius 3 is 2.67 bits per heavy atom. The van der Waals surface area contributed by atoms with Gasteiger partial charge in [0, 0.05) is 18.4 Å². The van der Waals surface area contributed by atoms with Crippen molar-refractivity contribution in [2.24, 2.45) is 0 Å². The molecule has 18 heavy (non-hydrogen) atoms. The number of hydrogen-bond acceptors (Lipinski definition) is 2. The Morgan fingerprint density at radius 2 is 2.00 bits per heavy atom. The SMILES string of the molecule is CC(C)n1ccnc1C(=O)/C=C/c1ccccc1. The van der Waals surface area contributed by atoms with Crippen LogP contribution in [0.3, 0.4) is 0 Å². The van der Waals surface area contributed by atoms with Crippen molar-refractivity contribution in [3.05, 3.63) is 60.2 Å². The third-order valence-electron chi connectivity index (χ3n) is 2.67. The fourth-order valence-corrected chi connectivity index (χ4v) is 1.73. The monoisotopic (exact) mass is 240 g/mol. The molecule has 0 bridgehead atoms. The summed E-state index contributed by atoms with van der Waals surface area (Å²) in [5.41, 5.74) is 1.01. The largest absolute Gasteiger partial charge is 0.326 e. The molecule has 0 unspecified atom stereocenters. The maximum atomic E-state index is 12.0. The van der Waals surface area contributed by atoms with Gasteiger partial charge in [-0.3, -0.25) is 4.79 Å². The molecule has 1 aromatic carbocycles. The van der Waals surface area contributed by atoms with Crippen molar-refractivity contribution in [2.75, 3.05) is 0 Å². The Kier molecular flexibility index (Phi) is 3.72. The van der Waals surface area contributed by atoms with Crippen LogP contribution in [0.25, 0.3) is 6.08 Å². The van der Waals surface area contributed by atoms with Crippen LogP contribution in [0.15, 0.2) is 48.8 Å². The molecule has 92 valence electrons. The van der Waals surface area contributed by atoms with E-state index in [9.17, 15) is 4.79 Å². The first-order valence-corrected chi connectivity index (χ1v) is 5.99. The summed E-state index contributed by atoms with van der Waals surface area (Å²) in [4.78, 5) is 16.1. The molecule has 0 aliphatic heterocycles. The van der Waals surface area contributed by atoms with Crippen molar-refractivity contribution in [3.8, 4) is 0 Å². The highest BCUT2D eigenvalue weighted by molar-refractivity contribution is 6.04. The third kappa shape index (κ3) is 2.74. The average Bonchev–Trinajstić information content (AvgIpc) is 2.86. The summed E-state index contributed by atoms with van der Waals surface area (Å²) in [6, 6.07) is 9.98. The molecule has 0 saturated heterocycles. The van der Waals surface area contributed by atoms with Gasteiger partial charge in [-0.2, -0.15) is 0 Å². The normalized spacial score (nSPS) is 11.3. The minimum absolute atomic E-state index is 0.0717. The van der Waals surface area contributed by atoms with Gasteiger partial charge in [0.05, 0.1) is 0 Å². The Morgan fingerprint density at radius 1 is 1.28 bits per heavy atom. The lowest BCUT2D eigenvalue weighted by atomic mass is 10.2. The lowest BCUT2D eigenvalue weighted by Gasteiger charge is -2.08. The highest BCUT2D eigenvalue weighted by Crippen LogP contribution is 2.10. The molecule has 3 heteroatoms. The first kappa shape index (κ1) is 12.3. The van der Waals surface area contributed by atoms with Crippen LogP contribution in [0.4, 0.5) is 0 Å². The molecule has 3 nitrogen and oxygen atoms in total. The summed E-state index contributed by atoms with van der Waals surface area (Å²) in [7, 11) is 0. The van der Waals surface area contributed by atoms with E-state index in [2.05, 4.69) is 4.98 Å². The summed E-state index contributed by atoms with van der Waals surface area (Å²) in [5, 5.41) is 0. The van der Waals surface area contributed by atoms with Crippen molar-refractivity contribution in [1.29, 1.82) is 0 Å². The maximum absolute atomic E-state index is 12.0. The van der Waals surface area contributed by atoms with Crippen molar-refractivity contribution in [1.82, 2.24) is 9.55 Å². The molecule has 0 aliphatic carbocycles. The zero-order valence-electron chi connectivity index (χ0n) is 10.6. The van der Waals surface area contributed by atoms with Gasteiger partial charge in [-0.05, 0) is 25.5 Å². The second-order valence-electron chi connectivity index (χ2n) is 4.36. The Bertz CT molecular complexity index is 553. The second kappa shape index (κ2) is 5.45. The van der Waals surface area contributed by atoms with Crippen LogP contribution >= 0.6 is 0 Å². The topological polar surface area (TPSA) is 34.9 Å². The van der Waals surface area contributed by atoms with Crippen LogP contribution < -0.4 is 0 Å². The molecule has 1 heterocycles. The smallest absolute Gasteiger partial charge is 0.221 e. The summed E-state index contributed by atoms with van der Waals surface area (Å²) < 4.78 is 1.87. The van der Waals surface area contributed by atoms with E-state index in [1.807, 2.05) is 61.0 Å². The van der Waals surface area contributed by atoms with Crippen LogP contribution in [0.5, 0.6) is 0 Å². The lowest BCUT2D eigenvalue weighted by Crippen LogP contribution is -2.09. The van der Waals surface area contributed by atoms with Gasteiger partial charge in [0.15, 0.2) is 5.82 Å². The van der Waals surface area contributed by atoms with Gasteiger partial charge < -0.3 is 4.57 Å². The number of allylic oxidation sites excluding steroid dienone is 1. The standard InChI is InChI=1S/C15H16N2O/c1-12(2)17-11-10-16-15(17)14(18)9-8-13-6-4-3-5-7-13/h3-12H,1-2H3/b9-8+. The molecule has 2 rings (SSSR count). The van der Waals surface area contributed by atoms with E-state index < -0.39 is 0 Å². The number of aromatic nitrogens is 2. The van der Waals surface area contributed by atoms with E-state index in [0.717, 1.165) is 5.56 Å². The zero-order chi connectivity index (χ0) is 13.0. The zero-order valence-corrected chi connectivity index (χ0v) is 10.6. The fourth-order valence-electron chi connectivity index (χ4n) is 1.73. The van der Waals surface area contributed by atoms with E-state index >= 15 is 0 Å². The summed E-state index contributed by atoms with van der Waals surface area (Å²) in [6.45, 7) is 4.05. The van der Waals surface area contributed by atoms with Crippen LogP contribution in [0, 0.1) is 0 Å². The molecular weight excluding hydrogens is 224 g/mol. The quantitative estimate of drug-likeness (QED) is 0.606. The minimum Gasteiger partial charge on any atom is -0.326 e. The van der Waals surface area contributed by atoms with Gasteiger partial charge >= 0.3 is 0 Å². The molecule has 2 aromatic rings. The van der Waals surface area contributed by atoms with Crippen molar-refractivity contribution < 1.29 is 4.79 Å². The maximum Gasteiger partial charge on any atom is 0.221 e. The van der Waals surface area contributed by atoms with Gasteiger partial charge in [0.1, 0.15) is 0 Å². The van der Waals surface area contributed by atoms with Gasteiger partial charge in [-0.1, -0.05) is 36.4 Å². The molecule has 0 aliphatic rings. The fraction of sp³-hybridized carbons (Fsp3) is 0.200. The Labute approximate surface area is 107 Å². The van der Waals surface area contributed by atoms with Gasteiger partial charge in [0.25, 0.3) is 0 Å². The van der Waals surface area contributed by atoms with E-state index in [1.165, 1.54) is 0 Å². The van der Waals surface area contributed by atoms with Crippen LogP contribution in [0.1, 0.15) is 36.1 Å². The van der Waals surface area contributed by atoms with E-state index in [-0.39, 0.29) is 11.8 Å². The first-order chi connectivity index (χ1) is 8.68. The van der Waals surface area contributed by atoms with E-state index in [4.69, 9.17) is 0 Å². The van der Waals surface area contributed by atoms with Gasteiger partial charge in [-0.15, -0.1) is 0 Å². The minimum atomic E-state index is -0.0717. The number of hydrogen-bond donors (Lipinski definition) is 0. The number of carbonyl (C=O) groups excluding carboxylic acids is 1. The molecular formula is C15H16N2O. The average molecular weight is 240 g/mol. The third-order valence-corrected chi connectivity index (χ3v) is 2.67. The molecule has 0 atom stereocenters. The molecule has 0 saturated carbocycles. The highest BCUT2D eigenvalue weighted by Gasteiger charge is 2.11. The first-order valence-electron chi connectivity index (χ1n) is 5.99. The number of benzene rings is 1. The summed E-state index contributed by atoms with van der Waals surface area (Å²) in [6.07, 6.45) is 6.86. The van der Waals surface area contributed by atoms with Gasteiger partial charge in [0.2, 0.25) is 5.78 Å². The van der Waals surface area contributed by atoms with Crippen molar-refractivity contribution in [3.63, 3.8) is 0 Å². The predicted molar refractivity (Wildman–Crippen MR) is 72.4 cm³/mol. The molecule has 0 spiro atoms. The molecule has 0 fully saturated rings. The van der Waals surface area contributed by atoms with Crippen LogP contribution in [-0.4, -0.2) is 15.3 Å². The summed E-state index contributed by atoms with van der Waals surface area (Å²) >= 11 is 0. The van der Waals surface area contributed by atoms with E-state index in [1.54, 1.807) is 12.3 Å². The molecule has 0 N–H and O–H groups in total. The molecule has 1 aromatic heterocycles. The number of imidazole rings is 1. The van der Waals surface area contributed by atoms with Gasteiger partial charge in [-0.25, -0.2) is 4.98 Å². The Balaban J connectivity index is 2.18. The number of rotatable bonds is 4.